The maximum atomic E-state index is 11.6. The second-order valence-corrected chi connectivity index (χ2v) is 4.77. The number of ether oxygens (including phenoxy) is 1. The molecule has 1 aliphatic rings. The number of urea groups is 1. The van der Waals surface area contributed by atoms with Crippen LogP contribution in [0.1, 0.15) is 32.6 Å². The molecular formula is C12H20N2O5. The highest BCUT2D eigenvalue weighted by Gasteiger charge is 2.27. The summed E-state index contributed by atoms with van der Waals surface area (Å²) in [7, 11) is 1.17. The zero-order chi connectivity index (χ0) is 14.4. The van der Waals surface area contributed by atoms with Crippen LogP contribution in [-0.2, 0) is 14.3 Å². The van der Waals surface area contributed by atoms with Crippen molar-refractivity contribution in [1.82, 2.24) is 10.6 Å². The largest absolute Gasteiger partial charge is 0.480 e. The molecule has 0 bridgehead atoms. The van der Waals surface area contributed by atoms with Crippen LogP contribution in [0.5, 0.6) is 0 Å². The number of amides is 2. The number of carboxylic acids is 1. The molecule has 0 spiro atoms. The Hall–Kier alpha value is -1.79. The van der Waals surface area contributed by atoms with E-state index in [2.05, 4.69) is 15.4 Å². The molecule has 2 atom stereocenters. The molecule has 0 aromatic heterocycles. The van der Waals surface area contributed by atoms with Gasteiger partial charge in [0.2, 0.25) is 0 Å². The normalized spacial score (nSPS) is 17.8. The van der Waals surface area contributed by atoms with Gasteiger partial charge in [0.15, 0.2) is 0 Å². The lowest BCUT2D eigenvalue weighted by Crippen LogP contribution is -2.51. The third kappa shape index (κ3) is 4.76. The number of methoxy groups -OCH3 is 1. The maximum absolute atomic E-state index is 11.6. The number of carbonyl (C=O) groups excluding carboxylic acids is 2. The fourth-order valence-corrected chi connectivity index (χ4v) is 1.91. The quantitative estimate of drug-likeness (QED) is 0.610. The fraction of sp³-hybridized carbons (Fsp3) is 0.750. The van der Waals surface area contributed by atoms with Crippen molar-refractivity contribution < 1.29 is 24.2 Å². The highest BCUT2D eigenvalue weighted by Crippen LogP contribution is 2.29. The van der Waals surface area contributed by atoms with Crippen molar-refractivity contribution in [3.63, 3.8) is 0 Å². The minimum absolute atomic E-state index is 0.00122. The number of hydrogen-bond donors (Lipinski definition) is 3. The maximum Gasteiger partial charge on any atom is 0.326 e. The molecule has 3 N–H and O–H groups in total. The number of carboxylic acid groups (broad SMARTS) is 1. The van der Waals surface area contributed by atoms with Crippen molar-refractivity contribution in [2.75, 3.05) is 7.11 Å². The second-order valence-electron chi connectivity index (χ2n) is 4.77. The first kappa shape index (κ1) is 15.3. The Labute approximate surface area is 111 Å². The Morgan fingerprint density at radius 1 is 1.32 bits per heavy atom. The van der Waals surface area contributed by atoms with E-state index < -0.39 is 30.4 Å². The summed E-state index contributed by atoms with van der Waals surface area (Å²) in [5.74, 6) is -1.49. The van der Waals surface area contributed by atoms with Crippen LogP contribution < -0.4 is 10.6 Å². The van der Waals surface area contributed by atoms with E-state index >= 15 is 0 Å². The highest BCUT2D eigenvalue weighted by atomic mass is 16.5. The number of rotatable bonds is 6. The van der Waals surface area contributed by atoms with E-state index in [1.807, 2.05) is 6.92 Å². The molecule has 2 amide bonds. The summed E-state index contributed by atoms with van der Waals surface area (Å²) < 4.78 is 4.38. The van der Waals surface area contributed by atoms with Gasteiger partial charge in [0.05, 0.1) is 13.5 Å². The molecule has 0 saturated heterocycles. The molecule has 108 valence electrons. The van der Waals surface area contributed by atoms with Crippen LogP contribution in [-0.4, -0.2) is 42.3 Å². The molecule has 1 fully saturated rings. The first-order valence-electron chi connectivity index (χ1n) is 6.30. The molecule has 0 aliphatic heterocycles. The van der Waals surface area contributed by atoms with Crippen LogP contribution in [0.15, 0.2) is 0 Å². The van der Waals surface area contributed by atoms with Gasteiger partial charge in [0.25, 0.3) is 0 Å². The van der Waals surface area contributed by atoms with E-state index in [0.29, 0.717) is 5.92 Å². The Kier molecular flexibility index (Phi) is 5.59. The van der Waals surface area contributed by atoms with Crippen LogP contribution in [0.25, 0.3) is 0 Å². The SMILES string of the molecule is COC(=O)C[C@H](NC(=O)NC(C)C1CCC1)C(=O)O. The van der Waals surface area contributed by atoms with Gasteiger partial charge in [-0.25, -0.2) is 9.59 Å². The summed E-state index contributed by atoms with van der Waals surface area (Å²) in [5, 5.41) is 13.9. The third-order valence-electron chi connectivity index (χ3n) is 3.42. The molecule has 0 heterocycles. The van der Waals surface area contributed by atoms with E-state index in [-0.39, 0.29) is 6.04 Å². The lowest BCUT2D eigenvalue weighted by atomic mass is 9.80. The van der Waals surface area contributed by atoms with Crippen molar-refractivity contribution in [3.05, 3.63) is 0 Å². The van der Waals surface area contributed by atoms with Gasteiger partial charge in [-0.15, -0.1) is 0 Å². The van der Waals surface area contributed by atoms with E-state index in [1.165, 1.54) is 13.5 Å². The lowest BCUT2D eigenvalue weighted by Gasteiger charge is -2.32. The summed E-state index contributed by atoms with van der Waals surface area (Å²) in [6.45, 7) is 1.89. The van der Waals surface area contributed by atoms with E-state index in [4.69, 9.17) is 5.11 Å². The standard InChI is InChI=1S/C12H20N2O5/c1-7(8-4-3-5-8)13-12(18)14-9(11(16)17)6-10(15)19-2/h7-9H,3-6H2,1-2H3,(H,16,17)(H2,13,14,18)/t7?,9-/m0/s1. The Morgan fingerprint density at radius 2 is 1.95 bits per heavy atom. The third-order valence-corrected chi connectivity index (χ3v) is 3.42. The van der Waals surface area contributed by atoms with Gasteiger partial charge in [0, 0.05) is 6.04 Å². The first-order chi connectivity index (χ1) is 8.93. The van der Waals surface area contributed by atoms with E-state index in [9.17, 15) is 14.4 Å². The average molecular weight is 272 g/mol. The number of carbonyl (C=O) groups is 3. The first-order valence-corrected chi connectivity index (χ1v) is 6.30. The summed E-state index contributed by atoms with van der Waals surface area (Å²) in [6, 6.07) is -1.85. The summed E-state index contributed by atoms with van der Waals surface area (Å²) in [4.78, 5) is 33.6. The van der Waals surface area contributed by atoms with Crippen molar-refractivity contribution in [2.45, 2.75) is 44.7 Å². The summed E-state index contributed by atoms with van der Waals surface area (Å²) >= 11 is 0. The Balaban J connectivity index is 2.41. The minimum Gasteiger partial charge on any atom is -0.480 e. The molecule has 7 heteroatoms. The molecule has 0 radical (unpaired) electrons. The zero-order valence-electron chi connectivity index (χ0n) is 11.1. The lowest BCUT2D eigenvalue weighted by molar-refractivity contribution is -0.147. The Morgan fingerprint density at radius 3 is 2.37 bits per heavy atom. The molecule has 7 nitrogen and oxygen atoms in total. The molecule has 1 aliphatic carbocycles. The summed E-state index contributed by atoms with van der Waals surface area (Å²) in [6.07, 6.45) is 2.92. The zero-order valence-corrected chi connectivity index (χ0v) is 11.1. The smallest absolute Gasteiger partial charge is 0.326 e. The van der Waals surface area contributed by atoms with Gasteiger partial charge in [-0.05, 0) is 25.7 Å². The van der Waals surface area contributed by atoms with Gasteiger partial charge in [-0.3, -0.25) is 4.79 Å². The van der Waals surface area contributed by atoms with Gasteiger partial charge < -0.3 is 20.5 Å². The van der Waals surface area contributed by atoms with Crippen LogP contribution in [0.4, 0.5) is 4.79 Å². The molecule has 0 aromatic carbocycles. The average Bonchev–Trinajstić information content (AvgIpc) is 2.24. The minimum atomic E-state index is -1.28. The Bertz CT molecular complexity index is 354. The fourth-order valence-electron chi connectivity index (χ4n) is 1.91. The van der Waals surface area contributed by atoms with Crippen molar-refractivity contribution in [1.29, 1.82) is 0 Å². The van der Waals surface area contributed by atoms with Crippen LogP contribution in [0, 0.1) is 5.92 Å². The number of esters is 1. The summed E-state index contributed by atoms with van der Waals surface area (Å²) in [5.41, 5.74) is 0. The molecule has 19 heavy (non-hydrogen) atoms. The predicted molar refractivity (Wildman–Crippen MR) is 66.5 cm³/mol. The van der Waals surface area contributed by atoms with Crippen LogP contribution in [0.3, 0.4) is 0 Å². The molecule has 1 rings (SSSR count). The molecule has 0 aromatic rings. The molecule has 1 saturated carbocycles. The molecule has 1 unspecified atom stereocenters. The van der Waals surface area contributed by atoms with Crippen molar-refractivity contribution >= 4 is 18.0 Å². The van der Waals surface area contributed by atoms with E-state index in [0.717, 1.165) is 12.8 Å². The molecular weight excluding hydrogens is 252 g/mol. The van der Waals surface area contributed by atoms with Gasteiger partial charge in [0.1, 0.15) is 6.04 Å². The second kappa shape index (κ2) is 6.96. The van der Waals surface area contributed by atoms with Gasteiger partial charge in [-0.2, -0.15) is 0 Å². The topological polar surface area (TPSA) is 105 Å². The van der Waals surface area contributed by atoms with Crippen LogP contribution >= 0.6 is 0 Å². The van der Waals surface area contributed by atoms with Crippen LogP contribution in [0.2, 0.25) is 0 Å². The van der Waals surface area contributed by atoms with Crippen molar-refractivity contribution in [3.8, 4) is 0 Å². The van der Waals surface area contributed by atoms with Gasteiger partial charge in [-0.1, -0.05) is 6.42 Å². The van der Waals surface area contributed by atoms with Crippen molar-refractivity contribution in [2.24, 2.45) is 5.92 Å². The van der Waals surface area contributed by atoms with Gasteiger partial charge >= 0.3 is 18.0 Å². The number of nitrogens with one attached hydrogen (secondary N) is 2. The van der Waals surface area contributed by atoms with E-state index in [1.54, 1.807) is 0 Å². The highest BCUT2D eigenvalue weighted by molar-refractivity contribution is 5.86. The number of aliphatic carboxylic acids is 1. The number of hydrogen-bond acceptors (Lipinski definition) is 4. The predicted octanol–water partition coefficient (Wildman–Crippen LogP) is 0.491. The monoisotopic (exact) mass is 272 g/mol.